The van der Waals surface area contributed by atoms with Gasteiger partial charge >= 0.3 is 0 Å². The minimum Gasteiger partial charge on any atom is -0.352 e. The normalized spacial score (nSPS) is 30.4. The van der Waals surface area contributed by atoms with Gasteiger partial charge in [0.1, 0.15) is 0 Å². The Morgan fingerprint density at radius 1 is 1.15 bits per heavy atom. The number of piperidine rings is 1. The minimum absolute atomic E-state index is 0.228. The van der Waals surface area contributed by atoms with Gasteiger partial charge in [-0.05, 0) is 71.0 Å². The van der Waals surface area contributed by atoms with Crippen LogP contribution in [-0.2, 0) is 4.79 Å². The van der Waals surface area contributed by atoms with Crippen molar-refractivity contribution in [2.45, 2.75) is 57.5 Å². The van der Waals surface area contributed by atoms with Crippen LogP contribution in [0, 0.1) is 5.92 Å². The van der Waals surface area contributed by atoms with Crippen LogP contribution < -0.4 is 5.32 Å². The molecule has 4 nitrogen and oxygen atoms in total. The fraction of sp³-hybridized carbons (Fsp3) is 0.938. The minimum atomic E-state index is 0.228. The van der Waals surface area contributed by atoms with Crippen molar-refractivity contribution >= 4 is 5.91 Å². The molecule has 3 rings (SSSR count). The summed E-state index contributed by atoms with van der Waals surface area (Å²) in [5.74, 6) is 0.976. The van der Waals surface area contributed by atoms with E-state index >= 15 is 0 Å². The van der Waals surface area contributed by atoms with E-state index in [1.54, 1.807) is 0 Å². The van der Waals surface area contributed by atoms with Crippen molar-refractivity contribution in [2.24, 2.45) is 5.92 Å². The summed E-state index contributed by atoms with van der Waals surface area (Å²) in [5, 5.41) is 3.18. The molecule has 3 aliphatic rings. The average Bonchev–Trinajstić information content (AvgIpc) is 3.14. The van der Waals surface area contributed by atoms with Gasteiger partial charge in [0.25, 0.3) is 0 Å². The van der Waals surface area contributed by atoms with Crippen LogP contribution in [0.5, 0.6) is 0 Å². The summed E-state index contributed by atoms with van der Waals surface area (Å²) in [4.78, 5) is 17.1. The summed E-state index contributed by atoms with van der Waals surface area (Å²) in [6, 6.07) is 1.07. The first kappa shape index (κ1) is 14.3. The number of nitrogens with zero attached hydrogens (tertiary/aromatic N) is 2. The predicted molar refractivity (Wildman–Crippen MR) is 80.6 cm³/mol. The van der Waals surface area contributed by atoms with Gasteiger partial charge in [-0.25, -0.2) is 0 Å². The number of hydrogen-bond donors (Lipinski definition) is 1. The smallest absolute Gasteiger partial charge is 0.234 e. The Kier molecular flexibility index (Phi) is 4.61. The molecule has 4 heteroatoms. The lowest BCUT2D eigenvalue weighted by Crippen LogP contribution is -2.50. The molecule has 1 aliphatic carbocycles. The molecule has 2 aliphatic heterocycles. The maximum atomic E-state index is 12.1. The zero-order chi connectivity index (χ0) is 13.9. The van der Waals surface area contributed by atoms with Crippen molar-refractivity contribution in [1.29, 1.82) is 0 Å². The second kappa shape index (κ2) is 6.44. The van der Waals surface area contributed by atoms with E-state index in [0.29, 0.717) is 18.6 Å². The van der Waals surface area contributed by atoms with Gasteiger partial charge in [0.2, 0.25) is 5.91 Å². The lowest BCUT2D eigenvalue weighted by molar-refractivity contribution is -0.123. The summed E-state index contributed by atoms with van der Waals surface area (Å²) >= 11 is 0. The molecule has 0 aromatic carbocycles. The molecule has 2 heterocycles. The quantitative estimate of drug-likeness (QED) is 0.827. The molecular formula is C16H29N3O. The first-order valence-corrected chi connectivity index (χ1v) is 8.48. The molecule has 1 saturated carbocycles. The van der Waals surface area contributed by atoms with E-state index in [1.807, 2.05) is 0 Å². The monoisotopic (exact) mass is 279 g/mol. The van der Waals surface area contributed by atoms with Gasteiger partial charge in [-0.1, -0.05) is 0 Å². The summed E-state index contributed by atoms with van der Waals surface area (Å²) in [6.45, 7) is 7.47. The van der Waals surface area contributed by atoms with E-state index in [-0.39, 0.29) is 5.91 Å². The van der Waals surface area contributed by atoms with E-state index < -0.39 is 0 Å². The Balaban J connectivity index is 1.43. The van der Waals surface area contributed by atoms with Gasteiger partial charge in [0.05, 0.1) is 6.54 Å². The Morgan fingerprint density at radius 3 is 2.60 bits per heavy atom. The molecular weight excluding hydrogens is 250 g/mol. The van der Waals surface area contributed by atoms with Crippen LogP contribution in [0.2, 0.25) is 0 Å². The Bertz CT molecular complexity index is 337. The third-order valence-corrected chi connectivity index (χ3v) is 5.22. The Labute approximate surface area is 122 Å². The second-order valence-electron chi connectivity index (χ2n) is 6.97. The van der Waals surface area contributed by atoms with Crippen LogP contribution in [0.4, 0.5) is 0 Å². The lowest BCUT2D eigenvalue weighted by Gasteiger charge is -2.37. The third kappa shape index (κ3) is 3.73. The highest BCUT2D eigenvalue weighted by Crippen LogP contribution is 2.32. The van der Waals surface area contributed by atoms with Crippen molar-refractivity contribution in [3.8, 4) is 0 Å². The number of carbonyl (C=O) groups excluding carboxylic acids is 1. The van der Waals surface area contributed by atoms with Crippen LogP contribution in [0.15, 0.2) is 0 Å². The molecule has 1 amide bonds. The number of nitrogens with one attached hydrogen (secondary N) is 1. The van der Waals surface area contributed by atoms with E-state index in [0.717, 1.165) is 19.0 Å². The summed E-state index contributed by atoms with van der Waals surface area (Å²) in [7, 11) is 0. The molecule has 114 valence electrons. The first-order chi connectivity index (χ1) is 9.72. The van der Waals surface area contributed by atoms with E-state index in [9.17, 15) is 4.79 Å². The van der Waals surface area contributed by atoms with Crippen molar-refractivity contribution in [1.82, 2.24) is 15.1 Å². The van der Waals surface area contributed by atoms with Crippen LogP contribution in [0.25, 0.3) is 0 Å². The molecule has 1 N–H and O–H groups in total. The maximum Gasteiger partial charge on any atom is 0.234 e. The molecule has 0 bridgehead atoms. The Morgan fingerprint density at radius 2 is 1.90 bits per heavy atom. The van der Waals surface area contributed by atoms with Crippen LogP contribution >= 0.6 is 0 Å². The largest absolute Gasteiger partial charge is 0.352 e. The van der Waals surface area contributed by atoms with Gasteiger partial charge in [0.15, 0.2) is 0 Å². The molecule has 20 heavy (non-hydrogen) atoms. The molecule has 0 radical (unpaired) electrons. The van der Waals surface area contributed by atoms with Crippen molar-refractivity contribution in [3.05, 3.63) is 0 Å². The highest BCUT2D eigenvalue weighted by Gasteiger charge is 2.30. The molecule has 2 atom stereocenters. The van der Waals surface area contributed by atoms with Crippen LogP contribution in [-0.4, -0.2) is 60.5 Å². The van der Waals surface area contributed by atoms with Gasteiger partial charge < -0.3 is 5.32 Å². The molecule has 2 unspecified atom stereocenters. The van der Waals surface area contributed by atoms with E-state index in [2.05, 4.69) is 22.0 Å². The summed E-state index contributed by atoms with van der Waals surface area (Å²) < 4.78 is 0. The number of rotatable bonds is 5. The number of carbonyl (C=O) groups is 1. The van der Waals surface area contributed by atoms with Crippen molar-refractivity contribution in [3.63, 3.8) is 0 Å². The number of hydrogen-bond acceptors (Lipinski definition) is 3. The SMILES string of the molecule is CC(NC(=O)CN1CCCC(N2CCCC2)C1)C1CC1. The first-order valence-electron chi connectivity index (χ1n) is 8.48. The van der Waals surface area contributed by atoms with Crippen LogP contribution in [0.3, 0.4) is 0 Å². The van der Waals surface area contributed by atoms with Crippen LogP contribution in [0.1, 0.15) is 45.4 Å². The highest BCUT2D eigenvalue weighted by atomic mass is 16.2. The van der Waals surface area contributed by atoms with Gasteiger partial charge in [-0.2, -0.15) is 0 Å². The molecule has 0 spiro atoms. The maximum absolute atomic E-state index is 12.1. The second-order valence-corrected chi connectivity index (χ2v) is 6.97. The Hall–Kier alpha value is -0.610. The summed E-state index contributed by atoms with van der Waals surface area (Å²) in [5.41, 5.74) is 0. The molecule has 2 saturated heterocycles. The highest BCUT2D eigenvalue weighted by molar-refractivity contribution is 5.78. The van der Waals surface area contributed by atoms with E-state index in [1.165, 1.54) is 51.6 Å². The fourth-order valence-corrected chi connectivity index (χ4v) is 3.80. The average molecular weight is 279 g/mol. The zero-order valence-electron chi connectivity index (χ0n) is 12.8. The van der Waals surface area contributed by atoms with Gasteiger partial charge in [-0.15, -0.1) is 0 Å². The molecule has 0 aromatic heterocycles. The topological polar surface area (TPSA) is 35.6 Å². The number of likely N-dealkylation sites (tertiary alicyclic amines) is 2. The molecule has 0 aromatic rings. The van der Waals surface area contributed by atoms with Gasteiger partial charge in [0, 0.05) is 18.6 Å². The third-order valence-electron chi connectivity index (χ3n) is 5.22. The number of amides is 1. The predicted octanol–water partition coefficient (Wildman–Crippen LogP) is 1.46. The van der Waals surface area contributed by atoms with Gasteiger partial charge in [-0.3, -0.25) is 14.6 Å². The van der Waals surface area contributed by atoms with E-state index in [4.69, 9.17) is 0 Å². The standard InChI is InChI=1S/C16H29N3O/c1-13(14-6-7-14)17-16(20)12-18-8-4-5-15(11-18)19-9-2-3-10-19/h13-15H,2-12H2,1H3,(H,17,20). The molecule has 3 fully saturated rings. The van der Waals surface area contributed by atoms with Crippen molar-refractivity contribution in [2.75, 3.05) is 32.7 Å². The fourth-order valence-electron chi connectivity index (χ4n) is 3.80. The summed E-state index contributed by atoms with van der Waals surface area (Å²) in [6.07, 6.45) is 7.86. The van der Waals surface area contributed by atoms with Crippen molar-refractivity contribution < 1.29 is 4.79 Å². The lowest BCUT2D eigenvalue weighted by atomic mass is 10.0. The zero-order valence-corrected chi connectivity index (χ0v) is 12.8.